The average Bonchev–Trinajstić information content (AvgIpc) is 2.84. The molecule has 0 saturated carbocycles. The smallest absolute Gasteiger partial charge is 0.338 e. The highest BCUT2D eigenvalue weighted by atomic mass is 32.1. The molecule has 0 radical (unpaired) electrons. The van der Waals surface area contributed by atoms with Crippen molar-refractivity contribution in [3.8, 4) is 0 Å². The Morgan fingerprint density at radius 3 is 2.76 bits per heavy atom. The van der Waals surface area contributed by atoms with Gasteiger partial charge in [0, 0.05) is 17.7 Å². The first kappa shape index (κ1) is 15.5. The van der Waals surface area contributed by atoms with Crippen LogP contribution < -0.4 is 10.6 Å². The number of urea groups is 1. The Hall–Kier alpha value is -1.86. The van der Waals surface area contributed by atoms with Crippen molar-refractivity contribution in [1.82, 2.24) is 10.6 Å². The molecule has 7 heteroatoms. The van der Waals surface area contributed by atoms with Crippen LogP contribution in [0.4, 0.5) is 4.79 Å². The molecule has 2 amide bonds. The normalized spacial score (nSPS) is 18.2. The van der Waals surface area contributed by atoms with Crippen LogP contribution in [0.5, 0.6) is 0 Å². The molecule has 114 valence electrons. The predicted octanol–water partition coefficient (Wildman–Crippen LogP) is 1.87. The number of esters is 1. The van der Waals surface area contributed by atoms with E-state index in [9.17, 15) is 9.59 Å². The molecule has 0 aromatic carbocycles. The Kier molecular flexibility index (Phi) is 4.98. The Balaban J connectivity index is 2.28. The number of aryl methyl sites for hydroxylation is 1. The molecule has 0 fully saturated rings. The van der Waals surface area contributed by atoms with Gasteiger partial charge in [0.1, 0.15) is 6.61 Å². The minimum absolute atomic E-state index is 0.177. The molecular weight excluding hydrogens is 292 g/mol. The van der Waals surface area contributed by atoms with E-state index in [0.29, 0.717) is 17.9 Å². The van der Waals surface area contributed by atoms with Gasteiger partial charge in [0.2, 0.25) is 0 Å². The fraction of sp³-hybridized carbons (Fsp3) is 0.429. The summed E-state index contributed by atoms with van der Waals surface area (Å²) < 4.78 is 10.1. The number of carbonyl (C=O) groups excluding carboxylic acids is 2. The predicted molar refractivity (Wildman–Crippen MR) is 79.0 cm³/mol. The molecule has 1 aliphatic rings. The van der Waals surface area contributed by atoms with Crippen molar-refractivity contribution in [2.75, 3.05) is 20.3 Å². The first-order valence-corrected chi connectivity index (χ1v) is 7.41. The Morgan fingerprint density at radius 2 is 2.14 bits per heavy atom. The second-order valence-electron chi connectivity index (χ2n) is 4.67. The molecule has 2 N–H and O–H groups in total. The third kappa shape index (κ3) is 3.43. The van der Waals surface area contributed by atoms with Crippen LogP contribution in [0.15, 0.2) is 22.7 Å². The number of ether oxygens (including phenoxy) is 2. The molecule has 2 rings (SSSR count). The molecule has 0 bridgehead atoms. The first-order valence-electron chi connectivity index (χ1n) is 6.53. The van der Waals surface area contributed by atoms with Gasteiger partial charge in [-0.2, -0.15) is 0 Å². The van der Waals surface area contributed by atoms with Crippen molar-refractivity contribution in [3.63, 3.8) is 0 Å². The van der Waals surface area contributed by atoms with E-state index in [0.717, 1.165) is 10.4 Å². The number of hydrogen-bond donors (Lipinski definition) is 2. The van der Waals surface area contributed by atoms with Gasteiger partial charge in [-0.1, -0.05) is 0 Å². The number of rotatable bonds is 5. The maximum atomic E-state index is 12.3. The van der Waals surface area contributed by atoms with Crippen LogP contribution in [-0.4, -0.2) is 32.3 Å². The molecule has 1 atom stereocenters. The number of nitrogens with one attached hydrogen (secondary N) is 2. The number of carbonyl (C=O) groups is 2. The lowest BCUT2D eigenvalue weighted by Gasteiger charge is -2.27. The Morgan fingerprint density at radius 1 is 1.38 bits per heavy atom. The second kappa shape index (κ2) is 6.73. The largest absolute Gasteiger partial charge is 0.460 e. The molecule has 0 spiro atoms. The first-order chi connectivity index (χ1) is 10.0. The third-order valence-corrected chi connectivity index (χ3v) is 4.26. The van der Waals surface area contributed by atoms with E-state index in [-0.39, 0.29) is 12.6 Å². The quantitative estimate of drug-likeness (QED) is 0.643. The molecule has 1 aromatic heterocycles. The van der Waals surface area contributed by atoms with E-state index in [4.69, 9.17) is 9.47 Å². The molecule has 21 heavy (non-hydrogen) atoms. The lowest BCUT2D eigenvalue weighted by Crippen LogP contribution is -2.45. The molecule has 0 saturated heterocycles. The van der Waals surface area contributed by atoms with Gasteiger partial charge in [0.05, 0.1) is 18.2 Å². The highest BCUT2D eigenvalue weighted by molar-refractivity contribution is 7.10. The van der Waals surface area contributed by atoms with Crippen molar-refractivity contribution in [2.45, 2.75) is 19.9 Å². The van der Waals surface area contributed by atoms with Crippen molar-refractivity contribution >= 4 is 23.3 Å². The van der Waals surface area contributed by atoms with Gasteiger partial charge in [-0.05, 0) is 30.9 Å². The van der Waals surface area contributed by atoms with Crippen LogP contribution in [0.1, 0.15) is 23.4 Å². The van der Waals surface area contributed by atoms with Gasteiger partial charge >= 0.3 is 12.0 Å². The van der Waals surface area contributed by atoms with Crippen LogP contribution >= 0.6 is 11.3 Å². The fourth-order valence-corrected chi connectivity index (χ4v) is 3.12. The van der Waals surface area contributed by atoms with Crippen molar-refractivity contribution < 1.29 is 19.1 Å². The zero-order valence-corrected chi connectivity index (χ0v) is 13.0. The number of amides is 2. The molecular formula is C14H18N2O4S. The summed E-state index contributed by atoms with van der Waals surface area (Å²) in [4.78, 5) is 24.9. The van der Waals surface area contributed by atoms with E-state index >= 15 is 0 Å². The van der Waals surface area contributed by atoms with Crippen LogP contribution in [0.25, 0.3) is 0 Å². The van der Waals surface area contributed by atoms with Gasteiger partial charge in [-0.15, -0.1) is 11.3 Å². The zero-order chi connectivity index (χ0) is 15.4. The summed E-state index contributed by atoms with van der Waals surface area (Å²) in [5.74, 6) is -0.449. The lowest BCUT2D eigenvalue weighted by atomic mass is 9.99. The van der Waals surface area contributed by atoms with Crippen molar-refractivity contribution in [3.05, 3.63) is 33.2 Å². The van der Waals surface area contributed by atoms with Gasteiger partial charge in [0.25, 0.3) is 0 Å². The lowest BCUT2D eigenvalue weighted by molar-refractivity contribution is -0.140. The summed E-state index contributed by atoms with van der Waals surface area (Å²) in [6, 6.07) is 1.16. The average molecular weight is 310 g/mol. The molecule has 6 nitrogen and oxygen atoms in total. The molecule has 1 aliphatic heterocycles. The minimum Gasteiger partial charge on any atom is -0.460 e. The standard InChI is InChI=1S/C14H18N2O4S/c1-8-4-7-21-12(8)11-10(9(2)15-14(18)16-11)13(17)20-6-5-19-3/h4,7,11H,5-6H2,1-3H3,(H2,15,16,18). The van der Waals surface area contributed by atoms with Crippen LogP contribution in [-0.2, 0) is 14.3 Å². The Bertz CT molecular complexity index is 579. The van der Waals surface area contributed by atoms with Crippen LogP contribution in [0, 0.1) is 6.92 Å². The number of methoxy groups -OCH3 is 1. The fourth-order valence-electron chi connectivity index (χ4n) is 2.14. The van der Waals surface area contributed by atoms with Crippen LogP contribution in [0.2, 0.25) is 0 Å². The minimum atomic E-state index is -0.478. The third-order valence-electron chi connectivity index (χ3n) is 3.17. The number of hydrogen-bond acceptors (Lipinski definition) is 5. The zero-order valence-electron chi connectivity index (χ0n) is 12.2. The maximum Gasteiger partial charge on any atom is 0.338 e. The van der Waals surface area contributed by atoms with Gasteiger partial charge in [-0.25, -0.2) is 9.59 Å². The monoisotopic (exact) mass is 310 g/mol. The van der Waals surface area contributed by atoms with Gasteiger partial charge in [-0.3, -0.25) is 0 Å². The highest BCUT2D eigenvalue weighted by Crippen LogP contribution is 2.32. The summed E-state index contributed by atoms with van der Waals surface area (Å²) in [5, 5.41) is 7.33. The molecule has 2 heterocycles. The van der Waals surface area contributed by atoms with E-state index in [1.807, 2.05) is 18.4 Å². The van der Waals surface area contributed by atoms with Gasteiger partial charge < -0.3 is 20.1 Å². The SMILES string of the molecule is COCCOC(=O)C1=C(C)NC(=O)NC1c1sccc1C. The Labute approximate surface area is 127 Å². The van der Waals surface area contributed by atoms with Crippen molar-refractivity contribution in [1.29, 1.82) is 0 Å². The number of thiophene rings is 1. The molecule has 0 aliphatic carbocycles. The van der Waals surface area contributed by atoms with E-state index in [1.165, 1.54) is 11.3 Å². The summed E-state index contributed by atoms with van der Waals surface area (Å²) in [7, 11) is 1.54. The number of allylic oxidation sites excluding steroid dienone is 1. The summed E-state index contributed by atoms with van der Waals surface area (Å²) >= 11 is 1.50. The summed E-state index contributed by atoms with van der Waals surface area (Å²) in [5.41, 5.74) is 1.97. The van der Waals surface area contributed by atoms with E-state index < -0.39 is 12.0 Å². The van der Waals surface area contributed by atoms with E-state index in [1.54, 1.807) is 14.0 Å². The van der Waals surface area contributed by atoms with Crippen LogP contribution in [0.3, 0.4) is 0 Å². The molecule has 1 aromatic rings. The summed E-state index contributed by atoms with van der Waals surface area (Å²) in [6.45, 7) is 4.15. The topological polar surface area (TPSA) is 76.7 Å². The van der Waals surface area contributed by atoms with Gasteiger partial charge in [0.15, 0.2) is 0 Å². The van der Waals surface area contributed by atoms with Crippen molar-refractivity contribution in [2.24, 2.45) is 0 Å². The maximum absolute atomic E-state index is 12.3. The van der Waals surface area contributed by atoms with E-state index in [2.05, 4.69) is 10.6 Å². The molecule has 1 unspecified atom stereocenters. The second-order valence-corrected chi connectivity index (χ2v) is 5.61. The summed E-state index contributed by atoms with van der Waals surface area (Å²) in [6.07, 6.45) is 0. The highest BCUT2D eigenvalue weighted by Gasteiger charge is 2.33.